The predicted octanol–water partition coefficient (Wildman–Crippen LogP) is 5.16. The smallest absolute Gasteiger partial charge is 0.246 e. The molecule has 3 heterocycles. The van der Waals surface area contributed by atoms with Crippen LogP contribution in [0, 0.1) is 0 Å². The number of anilines is 1. The van der Waals surface area contributed by atoms with Crippen molar-refractivity contribution in [3.63, 3.8) is 0 Å². The topological polar surface area (TPSA) is 118 Å². The maximum absolute atomic E-state index is 14.6. The van der Waals surface area contributed by atoms with E-state index in [-0.39, 0.29) is 74.8 Å². The summed E-state index contributed by atoms with van der Waals surface area (Å²) in [5, 5.41) is 17.3. The number of Topliss-reactive ketones (excluding diaryl/α,β-unsaturated/α-hetero) is 1. The Morgan fingerprint density at radius 1 is 0.907 bits per heavy atom. The second-order valence-electron chi connectivity index (χ2n) is 13.9. The molecule has 0 bridgehead atoms. The van der Waals surface area contributed by atoms with Crippen LogP contribution in [-0.2, 0) is 40.8 Å². The van der Waals surface area contributed by atoms with Gasteiger partial charge < -0.3 is 24.8 Å². The maximum Gasteiger partial charge on any atom is 0.246 e. The first-order chi connectivity index (χ1) is 26.2. The molecule has 11 nitrogen and oxygen atoms in total. The number of para-hydroxylation sites is 2. The van der Waals surface area contributed by atoms with Gasteiger partial charge in [-0.2, -0.15) is 0 Å². The average molecular weight is 725 g/mol. The van der Waals surface area contributed by atoms with E-state index in [9.17, 15) is 24.3 Å². The summed E-state index contributed by atoms with van der Waals surface area (Å²) >= 11 is 0. The normalized spacial score (nSPS) is 17.5. The van der Waals surface area contributed by atoms with Crippen LogP contribution in [-0.4, -0.2) is 91.4 Å². The molecule has 1 aromatic heterocycles. The van der Waals surface area contributed by atoms with Crippen molar-refractivity contribution < 1.29 is 24.3 Å². The van der Waals surface area contributed by atoms with Crippen molar-refractivity contribution in [2.75, 3.05) is 31.5 Å². The van der Waals surface area contributed by atoms with Crippen LogP contribution in [0.3, 0.4) is 0 Å². The zero-order valence-electron chi connectivity index (χ0n) is 30.3. The Kier molecular flexibility index (Phi) is 10.6. The number of benzene rings is 4. The maximum atomic E-state index is 14.6. The molecule has 54 heavy (non-hydrogen) atoms. The molecule has 2 atom stereocenters. The third-order valence-electron chi connectivity index (χ3n) is 10.2. The summed E-state index contributed by atoms with van der Waals surface area (Å²) < 4.78 is 1.92. The first kappa shape index (κ1) is 36.2. The molecule has 0 spiro atoms. The van der Waals surface area contributed by atoms with Crippen molar-refractivity contribution in [3.05, 3.63) is 144 Å². The Bertz CT molecular complexity index is 2170. The van der Waals surface area contributed by atoms with E-state index in [1.54, 1.807) is 50.2 Å². The fraction of sp³-hybridized carbons (Fsp3) is 0.256. The number of carbonyl (C=O) groups excluding carboxylic acids is 4. The molecule has 2 aliphatic heterocycles. The number of aromatic nitrogens is 1. The van der Waals surface area contributed by atoms with Gasteiger partial charge in [0.1, 0.15) is 18.0 Å². The average Bonchev–Trinajstić information content (AvgIpc) is 3.53. The minimum atomic E-state index is -0.898. The molecule has 0 saturated carbocycles. The van der Waals surface area contributed by atoms with Gasteiger partial charge >= 0.3 is 0 Å². The van der Waals surface area contributed by atoms with Crippen molar-refractivity contribution in [1.29, 1.82) is 0 Å². The highest BCUT2D eigenvalue weighted by molar-refractivity contribution is 6.10. The lowest BCUT2D eigenvalue weighted by Crippen LogP contribution is -2.75. The van der Waals surface area contributed by atoms with Crippen molar-refractivity contribution >= 4 is 40.1 Å². The Labute approximate surface area is 314 Å². The molecule has 2 N–H and O–H groups in total. The van der Waals surface area contributed by atoms with Crippen molar-refractivity contribution in [2.45, 2.75) is 38.0 Å². The van der Waals surface area contributed by atoms with Gasteiger partial charge in [-0.3, -0.25) is 19.2 Å². The Morgan fingerprint density at radius 2 is 1.63 bits per heavy atom. The van der Waals surface area contributed by atoms with Crippen LogP contribution in [0.1, 0.15) is 33.5 Å². The number of fused-ring (bicyclic) bond motifs is 2. The summed E-state index contributed by atoms with van der Waals surface area (Å²) in [6.07, 6.45) is 3.68. The summed E-state index contributed by atoms with van der Waals surface area (Å²) in [6.45, 7) is 4.51. The SMILES string of the molecule is C=CCN1CC(=O)N2[C@@H](Cc3ccc(O)cc3)C(=O)N(Cc3cccc4c(C(=O)CNc5ccccc5)cn(C)c34)C[C@@H]2N1C(=O)CCc1ccccc1. The molecule has 5 aromatic rings. The van der Waals surface area contributed by atoms with E-state index in [2.05, 4.69) is 11.9 Å². The number of hydrazine groups is 1. The summed E-state index contributed by atoms with van der Waals surface area (Å²) in [4.78, 5) is 59.7. The molecule has 276 valence electrons. The number of carbonyl (C=O) groups is 4. The molecule has 2 fully saturated rings. The number of piperazine rings is 1. The van der Waals surface area contributed by atoms with Crippen LogP contribution in [0.2, 0.25) is 0 Å². The Hall–Kier alpha value is -6.20. The van der Waals surface area contributed by atoms with Gasteiger partial charge in [-0.1, -0.05) is 84.9 Å². The molecular weight excluding hydrogens is 681 g/mol. The van der Waals surface area contributed by atoms with Crippen LogP contribution in [0.4, 0.5) is 5.69 Å². The highest BCUT2D eigenvalue weighted by Crippen LogP contribution is 2.32. The van der Waals surface area contributed by atoms with E-state index >= 15 is 0 Å². The van der Waals surface area contributed by atoms with Crippen molar-refractivity contribution in [1.82, 2.24) is 24.4 Å². The minimum absolute atomic E-state index is 0.0621. The van der Waals surface area contributed by atoms with Crippen LogP contribution in [0.25, 0.3) is 10.9 Å². The van der Waals surface area contributed by atoms with Crippen LogP contribution < -0.4 is 5.32 Å². The van der Waals surface area contributed by atoms with Gasteiger partial charge in [0.25, 0.3) is 0 Å². The zero-order chi connectivity index (χ0) is 37.8. The van der Waals surface area contributed by atoms with Crippen molar-refractivity contribution in [2.24, 2.45) is 7.05 Å². The standard InChI is InChI=1S/C43H44N6O5/c1-3-23-47-29-41(53)48-37(24-31-17-20-34(50)21-18-31)43(54)46(28-39(48)49(47)40(52)22-19-30-11-6-4-7-12-30)26-32-13-10-16-35-36(27-45(2)42(32)35)38(51)25-44-33-14-8-5-9-15-33/h3-18,20-21,27,37,39,44,50H,1,19,22-26,28-29H2,2H3/t37-,39-/m0/s1. The van der Waals surface area contributed by atoms with Gasteiger partial charge in [0.2, 0.25) is 17.7 Å². The fourth-order valence-corrected chi connectivity index (χ4v) is 7.71. The van der Waals surface area contributed by atoms with E-state index in [1.807, 2.05) is 96.7 Å². The number of nitrogens with one attached hydrogen (secondary N) is 1. The lowest BCUT2D eigenvalue weighted by Gasteiger charge is -2.55. The largest absolute Gasteiger partial charge is 0.508 e. The van der Waals surface area contributed by atoms with Gasteiger partial charge in [-0.05, 0) is 47.4 Å². The first-order valence-electron chi connectivity index (χ1n) is 18.2. The number of ketones is 1. The summed E-state index contributed by atoms with van der Waals surface area (Å²) in [5.41, 5.74) is 4.89. The Balaban J connectivity index is 1.22. The third kappa shape index (κ3) is 7.49. The quantitative estimate of drug-likeness (QED) is 0.127. The number of hydrogen-bond donors (Lipinski definition) is 2. The molecular formula is C43H44N6O5. The van der Waals surface area contributed by atoms with E-state index in [1.165, 1.54) is 0 Å². The monoisotopic (exact) mass is 724 g/mol. The number of aromatic hydroxyl groups is 1. The zero-order valence-corrected chi connectivity index (χ0v) is 30.3. The molecule has 2 saturated heterocycles. The van der Waals surface area contributed by atoms with E-state index in [4.69, 9.17) is 0 Å². The molecule has 3 amide bonds. The Morgan fingerprint density at radius 3 is 2.35 bits per heavy atom. The number of rotatable bonds is 13. The number of nitrogens with zero attached hydrogens (tertiary/aromatic N) is 5. The number of amides is 3. The number of phenolic OH excluding ortho intramolecular Hbond substituents is 1. The summed E-state index contributed by atoms with van der Waals surface area (Å²) in [7, 11) is 1.89. The van der Waals surface area contributed by atoms with E-state index < -0.39 is 12.2 Å². The number of aryl methyl sites for hydroxylation is 2. The van der Waals surface area contributed by atoms with Gasteiger partial charge in [0, 0.05) is 55.8 Å². The van der Waals surface area contributed by atoms with Gasteiger partial charge in [0.05, 0.1) is 25.2 Å². The second-order valence-corrected chi connectivity index (χ2v) is 13.9. The number of phenols is 1. The molecule has 7 rings (SSSR count). The van der Waals surface area contributed by atoms with Gasteiger partial charge in [-0.25, -0.2) is 10.0 Å². The molecule has 0 unspecified atom stereocenters. The predicted molar refractivity (Wildman–Crippen MR) is 207 cm³/mol. The third-order valence-corrected chi connectivity index (χ3v) is 10.2. The molecule has 11 heteroatoms. The highest BCUT2D eigenvalue weighted by atomic mass is 16.3. The molecule has 4 aromatic carbocycles. The summed E-state index contributed by atoms with van der Waals surface area (Å²) in [5.74, 6) is -0.605. The second kappa shape index (κ2) is 15.8. The molecule has 0 radical (unpaired) electrons. The first-order valence-corrected chi connectivity index (χ1v) is 18.2. The van der Waals surface area contributed by atoms with Gasteiger partial charge in [-0.15, -0.1) is 6.58 Å². The lowest BCUT2D eigenvalue weighted by molar-refractivity contribution is -0.205. The van der Waals surface area contributed by atoms with Crippen LogP contribution >= 0.6 is 0 Å². The molecule has 0 aliphatic carbocycles. The summed E-state index contributed by atoms with van der Waals surface area (Å²) in [6, 6.07) is 30.8. The van der Waals surface area contributed by atoms with E-state index in [0.717, 1.165) is 33.3 Å². The van der Waals surface area contributed by atoms with E-state index in [0.29, 0.717) is 12.0 Å². The fourth-order valence-electron chi connectivity index (χ4n) is 7.71. The minimum Gasteiger partial charge on any atom is -0.508 e. The van der Waals surface area contributed by atoms with Crippen LogP contribution in [0.5, 0.6) is 5.75 Å². The van der Waals surface area contributed by atoms with Crippen LogP contribution in [0.15, 0.2) is 122 Å². The lowest BCUT2D eigenvalue weighted by atomic mass is 9.97. The van der Waals surface area contributed by atoms with Gasteiger partial charge in [0.15, 0.2) is 5.78 Å². The highest BCUT2D eigenvalue weighted by Gasteiger charge is 2.51. The van der Waals surface area contributed by atoms with Crippen molar-refractivity contribution in [3.8, 4) is 5.75 Å². The molecule has 2 aliphatic rings. The number of hydrogen-bond acceptors (Lipinski definition) is 7.